The van der Waals surface area contributed by atoms with E-state index < -0.39 is 0 Å². The van der Waals surface area contributed by atoms with Crippen molar-refractivity contribution in [3.63, 3.8) is 0 Å². The van der Waals surface area contributed by atoms with E-state index in [2.05, 4.69) is 17.2 Å². The summed E-state index contributed by atoms with van der Waals surface area (Å²) in [6, 6.07) is 9.84. The average molecular weight is 333 g/mol. The first-order valence-electron chi connectivity index (χ1n) is 5.45. The van der Waals surface area contributed by atoms with Crippen molar-refractivity contribution in [2.75, 3.05) is 11.9 Å². The van der Waals surface area contributed by atoms with Crippen molar-refractivity contribution in [2.24, 2.45) is 10.7 Å². The zero-order chi connectivity index (χ0) is 10.9. The minimum atomic E-state index is 0. The molecule has 3 N–H and O–H groups in total. The number of nitrogens with zero attached hydrogens (tertiary/aromatic N) is 1. The Bertz CT molecular complexity index is 298. The summed E-state index contributed by atoms with van der Waals surface area (Å²) in [5.41, 5.74) is 6.71. The van der Waals surface area contributed by atoms with E-state index in [1.165, 1.54) is 12.8 Å². The van der Waals surface area contributed by atoms with Crippen molar-refractivity contribution < 1.29 is 0 Å². The molecule has 0 radical (unpaired) electrons. The summed E-state index contributed by atoms with van der Waals surface area (Å²) in [5, 5.41) is 3.05. The monoisotopic (exact) mass is 333 g/mol. The molecule has 0 aromatic heterocycles. The second kappa shape index (κ2) is 9.45. The largest absolute Gasteiger partial charge is 0.370 e. The number of nitrogens with two attached hydrogens (primary N) is 1. The highest BCUT2D eigenvalue weighted by Crippen LogP contribution is 2.03. The van der Waals surface area contributed by atoms with Crippen molar-refractivity contribution in [1.82, 2.24) is 0 Å². The third kappa shape index (κ3) is 6.66. The van der Waals surface area contributed by atoms with Gasteiger partial charge in [-0.05, 0) is 18.6 Å². The molecule has 0 saturated heterocycles. The zero-order valence-electron chi connectivity index (χ0n) is 9.65. The lowest BCUT2D eigenvalue weighted by molar-refractivity contribution is 0.727. The van der Waals surface area contributed by atoms with Gasteiger partial charge in [0.05, 0.1) is 0 Å². The Labute approximate surface area is 115 Å². The Kier molecular flexibility index (Phi) is 8.99. The van der Waals surface area contributed by atoms with Crippen molar-refractivity contribution in [3.05, 3.63) is 30.3 Å². The number of aliphatic imine (C=N–C) groups is 1. The lowest BCUT2D eigenvalue weighted by Crippen LogP contribution is -2.22. The first-order valence-corrected chi connectivity index (χ1v) is 5.45. The van der Waals surface area contributed by atoms with Gasteiger partial charge in [0.1, 0.15) is 0 Å². The van der Waals surface area contributed by atoms with E-state index >= 15 is 0 Å². The van der Waals surface area contributed by atoms with E-state index in [0.717, 1.165) is 18.7 Å². The number of anilines is 1. The highest BCUT2D eigenvalue weighted by molar-refractivity contribution is 14.0. The molecule has 0 aliphatic rings. The van der Waals surface area contributed by atoms with Crippen LogP contribution in [0.5, 0.6) is 0 Å². The number of halogens is 1. The van der Waals surface area contributed by atoms with E-state index in [-0.39, 0.29) is 24.0 Å². The summed E-state index contributed by atoms with van der Waals surface area (Å²) in [4.78, 5) is 4.24. The van der Waals surface area contributed by atoms with E-state index in [4.69, 9.17) is 5.73 Å². The van der Waals surface area contributed by atoms with Crippen LogP contribution in [0.2, 0.25) is 0 Å². The highest BCUT2D eigenvalue weighted by Gasteiger charge is 1.92. The van der Waals surface area contributed by atoms with Gasteiger partial charge in [0, 0.05) is 12.2 Å². The molecule has 1 aromatic rings. The quantitative estimate of drug-likeness (QED) is 0.376. The molecule has 1 rings (SSSR count). The molecule has 0 amide bonds. The van der Waals surface area contributed by atoms with Crippen LogP contribution >= 0.6 is 24.0 Å². The number of hydrogen-bond acceptors (Lipinski definition) is 1. The number of hydrogen-bond donors (Lipinski definition) is 2. The van der Waals surface area contributed by atoms with Crippen molar-refractivity contribution in [2.45, 2.75) is 26.2 Å². The molecule has 0 spiro atoms. The zero-order valence-corrected chi connectivity index (χ0v) is 12.0. The fraction of sp³-hybridized carbons (Fsp3) is 0.417. The molecule has 0 atom stereocenters. The van der Waals surface area contributed by atoms with E-state index in [1.54, 1.807) is 0 Å². The van der Waals surface area contributed by atoms with Crippen molar-refractivity contribution in [1.29, 1.82) is 0 Å². The molecule has 0 fully saturated rings. The van der Waals surface area contributed by atoms with Crippen LogP contribution in [0.25, 0.3) is 0 Å². The summed E-state index contributed by atoms with van der Waals surface area (Å²) >= 11 is 0. The van der Waals surface area contributed by atoms with Crippen LogP contribution in [-0.4, -0.2) is 12.5 Å². The van der Waals surface area contributed by atoms with Gasteiger partial charge >= 0.3 is 0 Å². The fourth-order valence-electron chi connectivity index (χ4n) is 1.27. The lowest BCUT2D eigenvalue weighted by atomic mass is 10.2. The highest BCUT2D eigenvalue weighted by atomic mass is 127. The Morgan fingerprint density at radius 1 is 1.25 bits per heavy atom. The number of rotatable bonds is 5. The van der Waals surface area contributed by atoms with E-state index in [9.17, 15) is 0 Å². The summed E-state index contributed by atoms with van der Waals surface area (Å²) in [6.07, 6.45) is 3.53. The third-order valence-corrected chi connectivity index (χ3v) is 2.09. The maximum atomic E-state index is 5.73. The maximum Gasteiger partial charge on any atom is 0.193 e. The smallest absolute Gasteiger partial charge is 0.193 e. The third-order valence-electron chi connectivity index (χ3n) is 2.09. The molecule has 0 saturated carbocycles. The summed E-state index contributed by atoms with van der Waals surface area (Å²) in [5.74, 6) is 0.498. The standard InChI is InChI=1S/C12H19N3.HI/c1-2-3-7-10-14-12(13)15-11-8-5-4-6-9-11;/h4-6,8-9H,2-3,7,10H2,1H3,(H3,13,14,15);1H. The van der Waals surface area contributed by atoms with Crippen molar-refractivity contribution in [3.8, 4) is 0 Å². The number of para-hydroxylation sites is 1. The van der Waals surface area contributed by atoms with Crippen LogP contribution in [-0.2, 0) is 0 Å². The summed E-state index contributed by atoms with van der Waals surface area (Å²) in [6.45, 7) is 2.98. The Morgan fingerprint density at radius 2 is 1.94 bits per heavy atom. The molecule has 3 nitrogen and oxygen atoms in total. The van der Waals surface area contributed by atoms with Gasteiger partial charge < -0.3 is 11.1 Å². The van der Waals surface area contributed by atoms with Crippen LogP contribution in [0.1, 0.15) is 26.2 Å². The summed E-state index contributed by atoms with van der Waals surface area (Å²) < 4.78 is 0. The molecule has 16 heavy (non-hydrogen) atoms. The van der Waals surface area contributed by atoms with Crippen LogP contribution < -0.4 is 11.1 Å². The van der Waals surface area contributed by atoms with Crippen LogP contribution in [0, 0.1) is 0 Å². The van der Waals surface area contributed by atoms with Crippen LogP contribution in [0.4, 0.5) is 5.69 Å². The summed E-state index contributed by atoms with van der Waals surface area (Å²) in [7, 11) is 0. The van der Waals surface area contributed by atoms with Gasteiger partial charge in [0.2, 0.25) is 0 Å². The average Bonchev–Trinajstić information content (AvgIpc) is 2.26. The van der Waals surface area contributed by atoms with Crippen LogP contribution in [0.15, 0.2) is 35.3 Å². The lowest BCUT2D eigenvalue weighted by Gasteiger charge is -2.04. The van der Waals surface area contributed by atoms with E-state index in [1.807, 2.05) is 30.3 Å². The molecule has 0 bridgehead atoms. The predicted octanol–water partition coefficient (Wildman–Crippen LogP) is 3.22. The van der Waals surface area contributed by atoms with Crippen LogP contribution in [0.3, 0.4) is 0 Å². The minimum Gasteiger partial charge on any atom is -0.370 e. The van der Waals surface area contributed by atoms with Gasteiger partial charge in [0.15, 0.2) is 5.96 Å². The molecule has 0 aliphatic carbocycles. The number of benzene rings is 1. The van der Waals surface area contributed by atoms with Gasteiger partial charge in [-0.2, -0.15) is 0 Å². The van der Waals surface area contributed by atoms with Gasteiger partial charge in [-0.25, -0.2) is 0 Å². The molecule has 1 aromatic carbocycles. The normalized spacial score (nSPS) is 10.7. The Balaban J connectivity index is 0.00000225. The molecule has 4 heteroatoms. The second-order valence-electron chi connectivity index (χ2n) is 3.47. The molecular formula is C12H20IN3. The van der Waals surface area contributed by atoms with Gasteiger partial charge in [-0.15, -0.1) is 24.0 Å². The molecule has 0 aliphatic heterocycles. The number of nitrogens with one attached hydrogen (secondary N) is 1. The predicted molar refractivity (Wildman–Crippen MR) is 81.5 cm³/mol. The van der Waals surface area contributed by atoms with Gasteiger partial charge in [0.25, 0.3) is 0 Å². The van der Waals surface area contributed by atoms with Gasteiger partial charge in [-0.1, -0.05) is 38.0 Å². The van der Waals surface area contributed by atoms with Crippen molar-refractivity contribution >= 4 is 35.6 Å². The number of guanidine groups is 1. The van der Waals surface area contributed by atoms with E-state index in [0.29, 0.717) is 5.96 Å². The molecule has 90 valence electrons. The molecule has 0 heterocycles. The SMILES string of the molecule is CCCCCN=C(N)Nc1ccccc1.I. The first-order chi connectivity index (χ1) is 7.33. The Hall–Kier alpha value is -0.780. The first kappa shape index (κ1) is 15.2. The maximum absolute atomic E-state index is 5.73. The van der Waals surface area contributed by atoms with Gasteiger partial charge in [-0.3, -0.25) is 4.99 Å². The Morgan fingerprint density at radius 3 is 2.56 bits per heavy atom. The number of unbranched alkanes of at least 4 members (excludes halogenated alkanes) is 2. The second-order valence-corrected chi connectivity index (χ2v) is 3.47. The minimum absolute atomic E-state index is 0. The molecular weight excluding hydrogens is 313 g/mol. The topological polar surface area (TPSA) is 50.4 Å². The molecule has 0 unspecified atom stereocenters. The fourth-order valence-corrected chi connectivity index (χ4v) is 1.27.